The summed E-state index contributed by atoms with van der Waals surface area (Å²) >= 11 is -1.06. The number of ether oxygens (including phenoxy) is 4. The van der Waals surface area contributed by atoms with Gasteiger partial charge in [-0.25, -0.2) is 0 Å². The van der Waals surface area contributed by atoms with Crippen LogP contribution in [0.15, 0.2) is 146 Å². The minimum atomic E-state index is -1.06. The second-order valence-corrected chi connectivity index (χ2v) is 14.7. The molecule has 51 heavy (non-hydrogen) atoms. The summed E-state index contributed by atoms with van der Waals surface area (Å²) in [6.45, 7) is 4.20. The molecule has 0 aliphatic heterocycles. The second-order valence-electron chi connectivity index (χ2n) is 11.8. The number of carbonyl (C=O) groups is 2. The van der Waals surface area contributed by atoms with Gasteiger partial charge in [0.2, 0.25) is 7.14 Å². The van der Waals surface area contributed by atoms with Gasteiger partial charge in [0.15, 0.2) is 23.1 Å². The third-order valence-corrected chi connectivity index (χ3v) is 10.8. The lowest BCUT2D eigenvalue weighted by atomic mass is 10.1. The number of hydrogen-bond donors (Lipinski definition) is 0. The minimum absolute atomic E-state index is 0.165. The van der Waals surface area contributed by atoms with E-state index in [1.807, 2.05) is 146 Å². The third kappa shape index (κ3) is 9.43. The first-order chi connectivity index (χ1) is 25.0. The smallest absolute Gasteiger partial charge is 0.366 e. The number of hydrogen-bond acceptors (Lipinski definition) is 6. The molecule has 0 atom stereocenters. The first kappa shape index (κ1) is 35.4. The molecule has 0 spiro atoms. The maximum absolute atomic E-state index is 13.4. The number of benzene rings is 6. The van der Waals surface area contributed by atoms with Crippen molar-refractivity contribution in [1.82, 2.24) is 0 Å². The van der Waals surface area contributed by atoms with Gasteiger partial charge >= 0.3 is 21.2 Å². The van der Waals surface area contributed by atoms with Crippen LogP contribution in [-0.4, -0.2) is 11.6 Å². The highest BCUT2D eigenvalue weighted by atomic mass is 127. The van der Waals surface area contributed by atoms with Crippen LogP contribution in [-0.2, 0) is 26.4 Å². The molecule has 0 unspecified atom stereocenters. The number of halogens is 1. The summed E-state index contributed by atoms with van der Waals surface area (Å²) in [6, 6.07) is 47.0. The molecule has 0 aromatic heterocycles. The Balaban J connectivity index is 1.41. The fraction of sp³-hybridized carbons (Fsp3) is 0.136. The van der Waals surface area contributed by atoms with E-state index in [0.717, 1.165) is 29.4 Å². The monoisotopic (exact) mass is 789 g/mol. The van der Waals surface area contributed by atoms with Crippen LogP contribution in [0.2, 0.25) is 0 Å². The van der Waals surface area contributed by atoms with E-state index < -0.39 is 21.2 Å². The van der Waals surface area contributed by atoms with Gasteiger partial charge in [0, 0.05) is 0 Å². The molecule has 0 amide bonds. The van der Waals surface area contributed by atoms with Crippen molar-refractivity contribution < 1.29 is 49.7 Å². The standard InChI is InChI=1S/C44H38IO6/c1-31(46)41-39(48-27-33-15-7-3-8-16-33)25-23-37(43(41)50-29-35-19-11-5-12-20-35)45-38-24-26-40(49-28-34-17-9-4-10-18-34)42(32(2)47)44(38)51-30-36-21-13-6-14-22-36/h3-26H,27-30H2,1-2H3/q+1. The van der Waals surface area contributed by atoms with Gasteiger partial charge in [0.1, 0.15) is 49.1 Å². The second kappa shape index (κ2) is 17.5. The fourth-order valence-corrected chi connectivity index (χ4v) is 8.14. The number of ketones is 2. The Bertz CT molecular complexity index is 1920. The molecule has 0 N–H and O–H groups in total. The summed E-state index contributed by atoms with van der Waals surface area (Å²) in [4.78, 5) is 26.8. The Morgan fingerprint density at radius 3 is 1.00 bits per heavy atom. The molecule has 0 aliphatic rings. The van der Waals surface area contributed by atoms with Crippen molar-refractivity contribution in [3.05, 3.63) is 186 Å². The summed E-state index contributed by atoms with van der Waals surface area (Å²) in [6.07, 6.45) is 0. The van der Waals surface area contributed by atoms with Crippen molar-refractivity contribution >= 4 is 11.6 Å². The van der Waals surface area contributed by atoms with Crippen LogP contribution >= 0.6 is 0 Å². The van der Waals surface area contributed by atoms with E-state index in [0.29, 0.717) is 47.3 Å². The molecule has 0 saturated carbocycles. The van der Waals surface area contributed by atoms with Gasteiger partial charge in [-0.3, -0.25) is 9.59 Å². The van der Waals surface area contributed by atoms with Gasteiger partial charge in [-0.15, -0.1) is 0 Å². The highest BCUT2D eigenvalue weighted by molar-refractivity contribution is 6.00. The first-order valence-electron chi connectivity index (χ1n) is 16.6. The Morgan fingerprint density at radius 1 is 0.412 bits per heavy atom. The average Bonchev–Trinajstić information content (AvgIpc) is 3.16. The van der Waals surface area contributed by atoms with Crippen LogP contribution in [0.25, 0.3) is 0 Å². The quantitative estimate of drug-likeness (QED) is 0.0821. The Morgan fingerprint density at radius 2 is 0.706 bits per heavy atom. The minimum Gasteiger partial charge on any atom is -0.488 e. The van der Waals surface area contributed by atoms with Crippen molar-refractivity contribution in [3.8, 4) is 23.0 Å². The predicted molar refractivity (Wildman–Crippen MR) is 193 cm³/mol. The van der Waals surface area contributed by atoms with Gasteiger partial charge < -0.3 is 18.9 Å². The molecule has 0 aliphatic carbocycles. The molecular weight excluding hydrogens is 751 g/mol. The Hall–Kier alpha value is -5.41. The van der Waals surface area contributed by atoms with E-state index in [4.69, 9.17) is 18.9 Å². The van der Waals surface area contributed by atoms with Crippen LogP contribution in [0.3, 0.4) is 0 Å². The Kier molecular flexibility index (Phi) is 12.1. The Labute approximate surface area is 309 Å². The molecule has 7 heteroatoms. The summed E-state index contributed by atoms with van der Waals surface area (Å²) in [5.41, 5.74) is 4.69. The van der Waals surface area contributed by atoms with E-state index in [1.165, 1.54) is 13.8 Å². The van der Waals surface area contributed by atoms with Gasteiger partial charge in [-0.2, -0.15) is 0 Å². The van der Waals surface area contributed by atoms with Crippen LogP contribution in [0.5, 0.6) is 23.0 Å². The van der Waals surface area contributed by atoms with Crippen molar-refractivity contribution in [2.45, 2.75) is 40.3 Å². The van der Waals surface area contributed by atoms with Gasteiger partial charge in [0.05, 0.1) is 0 Å². The summed E-state index contributed by atoms with van der Waals surface area (Å²) in [7, 11) is 0. The number of Topliss-reactive ketones (excluding diaryl/α,β-unsaturated/α-hetero) is 2. The van der Waals surface area contributed by atoms with Crippen molar-refractivity contribution in [3.63, 3.8) is 0 Å². The molecule has 0 heterocycles. The summed E-state index contributed by atoms with van der Waals surface area (Å²) < 4.78 is 27.3. The number of rotatable bonds is 16. The van der Waals surface area contributed by atoms with Crippen molar-refractivity contribution in [2.75, 3.05) is 0 Å². The molecule has 6 nitrogen and oxygen atoms in total. The van der Waals surface area contributed by atoms with Crippen molar-refractivity contribution in [1.29, 1.82) is 0 Å². The zero-order chi connectivity index (χ0) is 35.4. The highest BCUT2D eigenvalue weighted by Gasteiger charge is 2.34. The first-order valence-corrected chi connectivity index (χ1v) is 18.8. The third-order valence-electron chi connectivity index (χ3n) is 7.98. The molecule has 256 valence electrons. The van der Waals surface area contributed by atoms with E-state index in [-0.39, 0.29) is 24.8 Å². The van der Waals surface area contributed by atoms with Gasteiger partial charge in [0.25, 0.3) is 0 Å². The topological polar surface area (TPSA) is 71.1 Å². The lowest BCUT2D eigenvalue weighted by Gasteiger charge is -2.16. The molecule has 0 radical (unpaired) electrons. The van der Waals surface area contributed by atoms with E-state index in [1.54, 1.807) is 0 Å². The zero-order valence-electron chi connectivity index (χ0n) is 28.5. The van der Waals surface area contributed by atoms with E-state index in [9.17, 15) is 9.59 Å². The SMILES string of the molecule is CC(=O)c1c(OCc2ccccc2)ccc([I+]c2ccc(OCc3ccccc3)c(C(C)=O)c2OCc2ccccc2)c1OCc1ccccc1. The van der Waals surface area contributed by atoms with Crippen LogP contribution < -0.4 is 40.2 Å². The summed E-state index contributed by atoms with van der Waals surface area (Å²) in [5, 5.41) is 0. The zero-order valence-corrected chi connectivity index (χ0v) is 30.7. The molecular formula is C44H38IO6+. The van der Waals surface area contributed by atoms with E-state index in [2.05, 4.69) is 0 Å². The van der Waals surface area contributed by atoms with Crippen LogP contribution in [0.4, 0.5) is 0 Å². The highest BCUT2D eigenvalue weighted by Crippen LogP contribution is 2.33. The largest absolute Gasteiger partial charge is 0.488 e. The molecule has 0 bridgehead atoms. The van der Waals surface area contributed by atoms with Gasteiger partial charge in [-0.05, 0) is 60.4 Å². The summed E-state index contributed by atoms with van der Waals surface area (Å²) in [5.74, 6) is 1.54. The molecule has 6 aromatic carbocycles. The molecule has 0 fully saturated rings. The maximum Gasteiger partial charge on any atom is 0.366 e. The van der Waals surface area contributed by atoms with Crippen LogP contribution in [0.1, 0.15) is 56.8 Å². The van der Waals surface area contributed by atoms with Crippen LogP contribution in [0, 0.1) is 7.14 Å². The van der Waals surface area contributed by atoms with Gasteiger partial charge in [-0.1, -0.05) is 121 Å². The lowest BCUT2D eigenvalue weighted by Crippen LogP contribution is -3.61. The van der Waals surface area contributed by atoms with E-state index >= 15 is 0 Å². The molecule has 0 saturated heterocycles. The number of carbonyl (C=O) groups excluding carboxylic acids is 2. The normalized spacial score (nSPS) is 10.7. The average molecular weight is 790 g/mol. The fourth-order valence-electron chi connectivity index (χ4n) is 5.46. The molecule has 6 aromatic rings. The maximum atomic E-state index is 13.4. The van der Waals surface area contributed by atoms with Crippen molar-refractivity contribution in [2.24, 2.45) is 0 Å². The lowest BCUT2D eigenvalue weighted by molar-refractivity contribution is -0.599. The molecule has 6 rings (SSSR count). The predicted octanol–water partition coefficient (Wildman–Crippen LogP) is 6.54.